The Hall–Kier alpha value is -2.15. The van der Waals surface area contributed by atoms with Gasteiger partial charge in [0.2, 0.25) is 0 Å². The summed E-state index contributed by atoms with van der Waals surface area (Å²) in [7, 11) is 2.00. The number of fused-ring (bicyclic) bond motifs is 3. The van der Waals surface area contributed by atoms with E-state index in [9.17, 15) is 0 Å². The van der Waals surface area contributed by atoms with Crippen LogP contribution in [0.2, 0.25) is 0 Å². The highest BCUT2D eigenvalue weighted by Crippen LogP contribution is 2.37. The lowest BCUT2D eigenvalue weighted by molar-refractivity contribution is 0.393. The third-order valence-electron chi connectivity index (χ3n) is 4.64. The fourth-order valence-corrected chi connectivity index (χ4v) is 4.90. The molecule has 0 aromatic carbocycles. The SMILES string of the molecule is Cc1noc(C)c1N(C)Cc1nc(N)c2c3c(sc2n1)CCCC3. The van der Waals surface area contributed by atoms with E-state index >= 15 is 0 Å². The quantitative estimate of drug-likeness (QED) is 0.785. The Morgan fingerprint density at radius 3 is 2.75 bits per heavy atom. The zero-order chi connectivity index (χ0) is 16.8. The van der Waals surface area contributed by atoms with Gasteiger partial charge in [-0.3, -0.25) is 0 Å². The summed E-state index contributed by atoms with van der Waals surface area (Å²) in [6, 6.07) is 0. The standard InChI is InChI=1S/C17H21N5OS/c1-9-15(10(2)23-21-9)22(3)8-13-19-16(18)14-11-6-4-5-7-12(11)24-17(14)20-13/h4-8H2,1-3H3,(H2,18,19,20). The highest BCUT2D eigenvalue weighted by atomic mass is 32.1. The molecule has 24 heavy (non-hydrogen) atoms. The van der Waals surface area contributed by atoms with E-state index in [0.29, 0.717) is 12.4 Å². The van der Waals surface area contributed by atoms with Gasteiger partial charge in [0.1, 0.15) is 22.0 Å². The largest absolute Gasteiger partial charge is 0.383 e. The molecule has 0 radical (unpaired) electrons. The van der Waals surface area contributed by atoms with Crippen molar-refractivity contribution in [3.63, 3.8) is 0 Å². The fraction of sp³-hybridized carbons (Fsp3) is 0.471. The number of nitrogen functional groups attached to an aromatic ring is 1. The third kappa shape index (κ3) is 2.43. The summed E-state index contributed by atoms with van der Waals surface area (Å²) >= 11 is 1.78. The van der Waals surface area contributed by atoms with Gasteiger partial charge in [0.05, 0.1) is 11.9 Å². The maximum atomic E-state index is 6.29. The minimum Gasteiger partial charge on any atom is -0.383 e. The van der Waals surface area contributed by atoms with Crippen molar-refractivity contribution in [2.45, 2.75) is 46.1 Å². The number of anilines is 2. The molecule has 0 spiro atoms. The summed E-state index contributed by atoms with van der Waals surface area (Å²) in [4.78, 5) is 13.9. The van der Waals surface area contributed by atoms with Crippen LogP contribution in [0.25, 0.3) is 10.2 Å². The summed E-state index contributed by atoms with van der Waals surface area (Å²) in [5.41, 5.74) is 9.52. The number of nitrogens with two attached hydrogens (primary N) is 1. The summed E-state index contributed by atoms with van der Waals surface area (Å²) in [6.07, 6.45) is 4.73. The van der Waals surface area contributed by atoms with E-state index in [1.807, 2.05) is 20.9 Å². The average molecular weight is 343 g/mol. The minimum atomic E-state index is 0.575. The van der Waals surface area contributed by atoms with E-state index in [1.54, 1.807) is 11.3 Å². The van der Waals surface area contributed by atoms with Crippen molar-refractivity contribution >= 4 is 33.1 Å². The highest BCUT2D eigenvalue weighted by molar-refractivity contribution is 7.19. The molecule has 6 nitrogen and oxygen atoms in total. The summed E-state index contributed by atoms with van der Waals surface area (Å²) in [5.74, 6) is 2.15. The fourth-order valence-electron chi connectivity index (χ4n) is 3.62. The molecular weight excluding hydrogens is 322 g/mol. The Morgan fingerprint density at radius 1 is 1.21 bits per heavy atom. The van der Waals surface area contributed by atoms with Crippen LogP contribution in [0, 0.1) is 13.8 Å². The van der Waals surface area contributed by atoms with E-state index in [0.717, 1.165) is 46.0 Å². The van der Waals surface area contributed by atoms with Gasteiger partial charge in [0.25, 0.3) is 0 Å². The van der Waals surface area contributed by atoms with E-state index in [-0.39, 0.29) is 0 Å². The van der Waals surface area contributed by atoms with Crippen LogP contribution in [0.1, 0.15) is 40.6 Å². The van der Waals surface area contributed by atoms with Crippen LogP contribution in [0.15, 0.2) is 4.52 Å². The first kappa shape index (κ1) is 15.4. The zero-order valence-electron chi connectivity index (χ0n) is 14.2. The topological polar surface area (TPSA) is 81.1 Å². The van der Waals surface area contributed by atoms with Crippen LogP contribution < -0.4 is 10.6 Å². The maximum absolute atomic E-state index is 6.29. The molecule has 0 amide bonds. The Morgan fingerprint density at radius 2 is 2.00 bits per heavy atom. The molecule has 3 aromatic rings. The molecule has 0 unspecified atom stereocenters. The molecule has 3 heterocycles. The predicted molar refractivity (Wildman–Crippen MR) is 96.6 cm³/mol. The van der Waals surface area contributed by atoms with Gasteiger partial charge in [0.15, 0.2) is 11.6 Å². The van der Waals surface area contributed by atoms with E-state index in [2.05, 4.69) is 15.0 Å². The van der Waals surface area contributed by atoms with Gasteiger partial charge in [-0.15, -0.1) is 11.3 Å². The van der Waals surface area contributed by atoms with Crippen LogP contribution in [-0.2, 0) is 19.4 Å². The average Bonchev–Trinajstić information content (AvgIpc) is 3.07. The molecule has 3 aromatic heterocycles. The number of thiophene rings is 1. The molecule has 1 aliphatic carbocycles. The van der Waals surface area contributed by atoms with Gasteiger partial charge >= 0.3 is 0 Å². The Labute approximate surface area is 144 Å². The molecule has 2 N–H and O–H groups in total. The van der Waals surface area contributed by atoms with Crippen LogP contribution in [0.4, 0.5) is 11.5 Å². The first-order chi connectivity index (χ1) is 11.5. The Kier molecular flexibility index (Phi) is 3.68. The molecule has 1 aliphatic rings. The Bertz CT molecular complexity index is 894. The molecule has 0 fully saturated rings. The lowest BCUT2D eigenvalue weighted by atomic mass is 9.97. The molecule has 4 rings (SSSR count). The van der Waals surface area contributed by atoms with Crippen molar-refractivity contribution in [3.05, 3.63) is 27.7 Å². The zero-order valence-corrected chi connectivity index (χ0v) is 15.0. The van der Waals surface area contributed by atoms with E-state index in [1.165, 1.54) is 23.3 Å². The van der Waals surface area contributed by atoms with Gasteiger partial charge in [-0.1, -0.05) is 5.16 Å². The molecule has 0 atom stereocenters. The van der Waals surface area contributed by atoms with Gasteiger partial charge in [-0.25, -0.2) is 9.97 Å². The number of aromatic nitrogens is 3. The van der Waals surface area contributed by atoms with E-state index < -0.39 is 0 Å². The van der Waals surface area contributed by atoms with Crippen LogP contribution >= 0.6 is 11.3 Å². The maximum Gasteiger partial charge on any atom is 0.157 e. The first-order valence-electron chi connectivity index (χ1n) is 8.25. The highest BCUT2D eigenvalue weighted by Gasteiger charge is 2.21. The third-order valence-corrected chi connectivity index (χ3v) is 5.83. The molecule has 0 saturated carbocycles. The second-order valence-corrected chi connectivity index (χ2v) is 7.53. The Balaban J connectivity index is 1.70. The van der Waals surface area contributed by atoms with Crippen LogP contribution in [-0.4, -0.2) is 22.2 Å². The predicted octanol–water partition coefficient (Wildman–Crippen LogP) is 3.39. The summed E-state index contributed by atoms with van der Waals surface area (Å²) in [6.45, 7) is 4.43. The lowest BCUT2D eigenvalue weighted by Crippen LogP contribution is -2.19. The minimum absolute atomic E-state index is 0.575. The molecule has 0 aliphatic heterocycles. The number of hydrogen-bond donors (Lipinski definition) is 1. The molecular formula is C17H21N5OS. The van der Waals surface area contributed by atoms with Gasteiger partial charge < -0.3 is 15.2 Å². The number of aryl methyl sites for hydroxylation is 4. The van der Waals surface area contributed by atoms with Crippen molar-refractivity contribution in [3.8, 4) is 0 Å². The second kappa shape index (κ2) is 5.73. The van der Waals surface area contributed by atoms with Crippen molar-refractivity contribution in [1.29, 1.82) is 0 Å². The first-order valence-corrected chi connectivity index (χ1v) is 9.07. The van der Waals surface area contributed by atoms with Crippen LogP contribution in [0.3, 0.4) is 0 Å². The van der Waals surface area contributed by atoms with E-state index in [4.69, 9.17) is 15.2 Å². The van der Waals surface area contributed by atoms with Gasteiger partial charge in [-0.05, 0) is 45.1 Å². The van der Waals surface area contributed by atoms with Crippen molar-refractivity contribution in [2.24, 2.45) is 0 Å². The normalized spacial score (nSPS) is 14.1. The molecule has 0 saturated heterocycles. The van der Waals surface area contributed by atoms with Crippen molar-refractivity contribution in [2.75, 3.05) is 17.7 Å². The van der Waals surface area contributed by atoms with Crippen molar-refractivity contribution in [1.82, 2.24) is 15.1 Å². The smallest absolute Gasteiger partial charge is 0.157 e. The summed E-state index contributed by atoms with van der Waals surface area (Å²) < 4.78 is 5.25. The van der Waals surface area contributed by atoms with Gasteiger partial charge in [-0.2, -0.15) is 0 Å². The van der Waals surface area contributed by atoms with Crippen LogP contribution in [0.5, 0.6) is 0 Å². The van der Waals surface area contributed by atoms with Gasteiger partial charge in [0, 0.05) is 11.9 Å². The molecule has 7 heteroatoms. The number of nitrogens with zero attached hydrogens (tertiary/aromatic N) is 4. The number of hydrogen-bond acceptors (Lipinski definition) is 7. The van der Waals surface area contributed by atoms with Crippen molar-refractivity contribution < 1.29 is 4.52 Å². The molecule has 126 valence electrons. The molecule has 0 bridgehead atoms. The monoisotopic (exact) mass is 343 g/mol. The second-order valence-electron chi connectivity index (χ2n) is 6.44. The lowest BCUT2D eigenvalue weighted by Gasteiger charge is -2.17. The summed E-state index contributed by atoms with van der Waals surface area (Å²) in [5, 5.41) is 5.09. The number of rotatable bonds is 3.